The number of carbonyl (C=O) groups excluding carboxylic acids is 1. The number of aliphatic hydroxyl groups is 1. The predicted octanol–water partition coefficient (Wildman–Crippen LogP) is 1.57. The number of nitrogens with two attached hydrogens (primary N) is 1. The SMILES string of the molecule is CC(O)C1CCN(C(=O)[C@@H](N)CCc2ccccc2)CC1. The molecule has 1 fully saturated rings. The number of piperidine rings is 1. The molecule has 0 saturated carbocycles. The molecule has 0 aromatic heterocycles. The van der Waals surface area contributed by atoms with Crippen LogP contribution in [0.15, 0.2) is 30.3 Å². The first-order valence-electron chi connectivity index (χ1n) is 7.84. The second kappa shape index (κ2) is 7.57. The Balaban J connectivity index is 1.78. The Bertz CT molecular complexity index is 439. The van der Waals surface area contributed by atoms with Crippen molar-refractivity contribution in [3.05, 3.63) is 35.9 Å². The van der Waals surface area contributed by atoms with Gasteiger partial charge in [-0.05, 0) is 44.1 Å². The summed E-state index contributed by atoms with van der Waals surface area (Å²) in [6, 6.07) is 9.69. The van der Waals surface area contributed by atoms with Crippen LogP contribution in [-0.4, -0.2) is 41.1 Å². The first-order chi connectivity index (χ1) is 10.1. The Kier molecular flexibility index (Phi) is 5.76. The van der Waals surface area contributed by atoms with Gasteiger partial charge in [-0.25, -0.2) is 0 Å². The Hall–Kier alpha value is -1.39. The van der Waals surface area contributed by atoms with Gasteiger partial charge in [-0.1, -0.05) is 30.3 Å². The molecule has 1 aromatic carbocycles. The van der Waals surface area contributed by atoms with Crippen LogP contribution in [0.5, 0.6) is 0 Å². The topological polar surface area (TPSA) is 66.6 Å². The maximum absolute atomic E-state index is 12.3. The largest absolute Gasteiger partial charge is 0.393 e. The lowest BCUT2D eigenvalue weighted by atomic mass is 9.91. The first-order valence-corrected chi connectivity index (χ1v) is 7.84. The lowest BCUT2D eigenvalue weighted by molar-refractivity contribution is -0.134. The van der Waals surface area contributed by atoms with Crippen LogP contribution in [0.4, 0.5) is 0 Å². The summed E-state index contributed by atoms with van der Waals surface area (Å²) in [7, 11) is 0. The van der Waals surface area contributed by atoms with Crippen molar-refractivity contribution in [2.24, 2.45) is 11.7 Å². The molecule has 4 heteroatoms. The average Bonchev–Trinajstić information content (AvgIpc) is 2.53. The molecule has 0 aliphatic carbocycles. The summed E-state index contributed by atoms with van der Waals surface area (Å²) in [6.45, 7) is 3.26. The number of rotatable bonds is 5. The maximum Gasteiger partial charge on any atom is 0.239 e. The highest BCUT2D eigenvalue weighted by Gasteiger charge is 2.27. The molecule has 2 rings (SSSR count). The van der Waals surface area contributed by atoms with E-state index in [0.29, 0.717) is 25.4 Å². The van der Waals surface area contributed by atoms with Gasteiger partial charge in [0.1, 0.15) is 0 Å². The molecular weight excluding hydrogens is 264 g/mol. The van der Waals surface area contributed by atoms with Gasteiger partial charge in [0.2, 0.25) is 5.91 Å². The molecule has 0 spiro atoms. The van der Waals surface area contributed by atoms with E-state index in [1.807, 2.05) is 30.0 Å². The molecule has 1 unspecified atom stereocenters. The second-order valence-corrected chi connectivity index (χ2v) is 6.03. The maximum atomic E-state index is 12.3. The molecule has 1 saturated heterocycles. The lowest BCUT2D eigenvalue weighted by Gasteiger charge is -2.34. The van der Waals surface area contributed by atoms with E-state index >= 15 is 0 Å². The van der Waals surface area contributed by atoms with Crippen LogP contribution in [0.1, 0.15) is 31.7 Å². The number of hydrogen-bond acceptors (Lipinski definition) is 3. The van der Waals surface area contributed by atoms with Crippen molar-refractivity contribution in [1.29, 1.82) is 0 Å². The van der Waals surface area contributed by atoms with Crippen molar-refractivity contribution in [3.8, 4) is 0 Å². The molecule has 1 heterocycles. The van der Waals surface area contributed by atoms with Gasteiger partial charge in [0.25, 0.3) is 0 Å². The van der Waals surface area contributed by atoms with E-state index in [4.69, 9.17) is 5.73 Å². The third kappa shape index (κ3) is 4.55. The highest BCUT2D eigenvalue weighted by atomic mass is 16.3. The van der Waals surface area contributed by atoms with E-state index < -0.39 is 6.04 Å². The van der Waals surface area contributed by atoms with E-state index in [1.54, 1.807) is 0 Å². The molecule has 3 N–H and O–H groups in total. The van der Waals surface area contributed by atoms with E-state index in [2.05, 4.69) is 12.1 Å². The van der Waals surface area contributed by atoms with Crippen LogP contribution >= 0.6 is 0 Å². The van der Waals surface area contributed by atoms with Gasteiger partial charge in [-0.15, -0.1) is 0 Å². The number of likely N-dealkylation sites (tertiary alicyclic amines) is 1. The van der Waals surface area contributed by atoms with Crippen LogP contribution in [0.2, 0.25) is 0 Å². The monoisotopic (exact) mass is 290 g/mol. The van der Waals surface area contributed by atoms with Crippen molar-refractivity contribution in [3.63, 3.8) is 0 Å². The number of carbonyl (C=O) groups is 1. The van der Waals surface area contributed by atoms with Crippen LogP contribution in [0.25, 0.3) is 0 Å². The molecule has 116 valence electrons. The van der Waals surface area contributed by atoms with E-state index in [9.17, 15) is 9.90 Å². The zero-order chi connectivity index (χ0) is 15.2. The van der Waals surface area contributed by atoms with Crippen molar-refractivity contribution >= 4 is 5.91 Å². The quantitative estimate of drug-likeness (QED) is 0.865. The molecule has 4 nitrogen and oxygen atoms in total. The molecule has 2 atom stereocenters. The number of nitrogens with zero attached hydrogens (tertiary/aromatic N) is 1. The molecule has 0 radical (unpaired) electrons. The first kappa shape index (κ1) is 16.0. The molecule has 1 aliphatic heterocycles. The molecular formula is C17H26N2O2. The summed E-state index contributed by atoms with van der Waals surface area (Å²) < 4.78 is 0. The average molecular weight is 290 g/mol. The number of benzene rings is 1. The fourth-order valence-electron chi connectivity index (χ4n) is 2.93. The highest BCUT2D eigenvalue weighted by molar-refractivity contribution is 5.81. The Morgan fingerprint density at radius 2 is 1.95 bits per heavy atom. The van der Waals surface area contributed by atoms with Crippen molar-refractivity contribution < 1.29 is 9.90 Å². The minimum Gasteiger partial charge on any atom is -0.393 e. The number of hydrogen-bond donors (Lipinski definition) is 2. The van der Waals surface area contributed by atoms with Gasteiger partial charge in [0, 0.05) is 13.1 Å². The van der Waals surface area contributed by atoms with Crippen molar-refractivity contribution in [2.75, 3.05) is 13.1 Å². The van der Waals surface area contributed by atoms with Crippen LogP contribution in [0, 0.1) is 5.92 Å². The molecule has 1 aliphatic rings. The highest BCUT2D eigenvalue weighted by Crippen LogP contribution is 2.21. The molecule has 21 heavy (non-hydrogen) atoms. The Morgan fingerprint density at radius 1 is 1.33 bits per heavy atom. The third-order valence-corrected chi connectivity index (χ3v) is 4.44. The molecule has 1 amide bonds. The minimum atomic E-state index is -0.423. The minimum absolute atomic E-state index is 0.0509. The van der Waals surface area contributed by atoms with Gasteiger partial charge in [-0.2, -0.15) is 0 Å². The van der Waals surface area contributed by atoms with Gasteiger partial charge in [0.15, 0.2) is 0 Å². The van der Waals surface area contributed by atoms with Gasteiger partial charge >= 0.3 is 0 Å². The van der Waals surface area contributed by atoms with Crippen LogP contribution in [0.3, 0.4) is 0 Å². The predicted molar refractivity (Wildman–Crippen MR) is 83.7 cm³/mol. The van der Waals surface area contributed by atoms with Gasteiger partial charge in [0.05, 0.1) is 12.1 Å². The van der Waals surface area contributed by atoms with Crippen molar-refractivity contribution in [1.82, 2.24) is 4.90 Å². The third-order valence-electron chi connectivity index (χ3n) is 4.44. The van der Waals surface area contributed by atoms with Crippen LogP contribution in [-0.2, 0) is 11.2 Å². The summed E-state index contributed by atoms with van der Waals surface area (Å²) in [5, 5.41) is 9.59. The van der Waals surface area contributed by atoms with Crippen molar-refractivity contribution in [2.45, 2.75) is 44.8 Å². The Labute approximate surface area is 126 Å². The van der Waals surface area contributed by atoms with E-state index in [0.717, 1.165) is 19.3 Å². The smallest absolute Gasteiger partial charge is 0.239 e. The number of aliphatic hydroxyl groups excluding tert-OH is 1. The molecule has 1 aromatic rings. The fraction of sp³-hybridized carbons (Fsp3) is 0.588. The van der Waals surface area contributed by atoms with Crippen LogP contribution < -0.4 is 5.73 Å². The fourth-order valence-corrected chi connectivity index (χ4v) is 2.93. The van der Waals surface area contributed by atoms with Gasteiger partial charge in [-0.3, -0.25) is 4.79 Å². The summed E-state index contributed by atoms with van der Waals surface area (Å²) in [4.78, 5) is 14.2. The summed E-state index contributed by atoms with van der Waals surface area (Å²) >= 11 is 0. The lowest BCUT2D eigenvalue weighted by Crippen LogP contribution is -2.48. The van der Waals surface area contributed by atoms with E-state index in [-0.39, 0.29) is 12.0 Å². The summed E-state index contributed by atoms with van der Waals surface area (Å²) in [6.07, 6.45) is 2.97. The van der Waals surface area contributed by atoms with E-state index in [1.165, 1.54) is 5.56 Å². The summed E-state index contributed by atoms with van der Waals surface area (Å²) in [5.41, 5.74) is 7.27. The Morgan fingerprint density at radius 3 is 2.52 bits per heavy atom. The zero-order valence-corrected chi connectivity index (χ0v) is 12.7. The standard InChI is InChI=1S/C17H26N2O2/c1-13(20)15-9-11-19(12-10-15)17(21)16(18)8-7-14-5-3-2-4-6-14/h2-6,13,15-16,20H,7-12,18H2,1H3/t13?,16-/m0/s1. The zero-order valence-electron chi connectivity index (χ0n) is 12.7. The second-order valence-electron chi connectivity index (χ2n) is 6.03. The molecule has 0 bridgehead atoms. The normalized spacial score (nSPS) is 19.3. The number of aryl methyl sites for hydroxylation is 1. The summed E-state index contributed by atoms with van der Waals surface area (Å²) in [5.74, 6) is 0.365. The van der Waals surface area contributed by atoms with Gasteiger partial charge < -0.3 is 15.7 Å². The number of amides is 1.